The lowest BCUT2D eigenvalue weighted by molar-refractivity contribution is -0.120. The molecule has 3 nitrogen and oxygen atoms in total. The number of nitrogens with two attached hydrogens (primary N) is 1. The molecule has 0 aliphatic carbocycles. The number of carbonyl (C=O) groups is 1. The second kappa shape index (κ2) is 4.57. The van der Waals surface area contributed by atoms with Crippen LogP contribution in [0.25, 0.3) is 0 Å². The Morgan fingerprint density at radius 2 is 2.00 bits per heavy atom. The van der Waals surface area contributed by atoms with Gasteiger partial charge in [0.1, 0.15) is 6.04 Å². The lowest BCUT2D eigenvalue weighted by Gasteiger charge is -2.11. The van der Waals surface area contributed by atoms with Crippen LogP contribution in [0.4, 0.5) is 0 Å². The highest BCUT2D eigenvalue weighted by atomic mass is 127. The molecule has 0 saturated carbocycles. The fourth-order valence-electron chi connectivity index (χ4n) is 1.13. The minimum Gasteiger partial charge on any atom is -0.368 e. The summed E-state index contributed by atoms with van der Waals surface area (Å²) in [5, 5.41) is 2.86. The summed E-state index contributed by atoms with van der Waals surface area (Å²) in [6.45, 7) is 0. The van der Waals surface area contributed by atoms with E-state index in [1.165, 1.54) is 0 Å². The maximum Gasteiger partial charge on any atom is 0.239 e. The highest BCUT2D eigenvalue weighted by molar-refractivity contribution is 14.1. The van der Waals surface area contributed by atoms with Crippen LogP contribution in [0, 0.1) is 3.57 Å². The Morgan fingerprint density at radius 1 is 1.46 bits per heavy atom. The predicted molar refractivity (Wildman–Crippen MR) is 60.2 cm³/mol. The molecular formula is C9H11IN2O. The largest absolute Gasteiger partial charge is 0.368 e. The molecule has 0 bridgehead atoms. The van der Waals surface area contributed by atoms with Gasteiger partial charge < -0.3 is 11.1 Å². The first kappa shape index (κ1) is 10.5. The zero-order valence-corrected chi connectivity index (χ0v) is 9.41. The molecule has 0 radical (unpaired) electrons. The fourth-order valence-corrected chi connectivity index (χ4v) is 1.49. The van der Waals surface area contributed by atoms with E-state index in [4.69, 9.17) is 5.73 Å². The SMILES string of the molecule is CNC(C(N)=O)c1ccc(I)cc1. The van der Waals surface area contributed by atoms with E-state index in [0.29, 0.717) is 0 Å². The Kier molecular flexibility index (Phi) is 3.68. The minimum absolute atomic E-state index is 0.358. The minimum atomic E-state index is -0.392. The monoisotopic (exact) mass is 290 g/mol. The molecule has 0 aliphatic rings. The first-order valence-corrected chi connectivity index (χ1v) is 4.95. The van der Waals surface area contributed by atoms with Crippen LogP contribution in [-0.4, -0.2) is 13.0 Å². The van der Waals surface area contributed by atoms with Gasteiger partial charge in [0, 0.05) is 3.57 Å². The van der Waals surface area contributed by atoms with Gasteiger partial charge >= 0.3 is 0 Å². The standard InChI is InChI=1S/C9H11IN2O/c1-12-8(9(11)13)6-2-4-7(10)5-3-6/h2-5,8,12H,1H3,(H2,11,13). The van der Waals surface area contributed by atoms with Crippen molar-refractivity contribution in [2.24, 2.45) is 5.73 Å². The Balaban J connectivity index is 2.92. The number of benzene rings is 1. The zero-order valence-electron chi connectivity index (χ0n) is 7.25. The van der Waals surface area contributed by atoms with Crippen molar-refractivity contribution in [3.05, 3.63) is 33.4 Å². The van der Waals surface area contributed by atoms with Gasteiger partial charge in [0.15, 0.2) is 0 Å². The van der Waals surface area contributed by atoms with Crippen LogP contribution in [0.15, 0.2) is 24.3 Å². The van der Waals surface area contributed by atoms with E-state index in [2.05, 4.69) is 27.9 Å². The average Bonchev–Trinajstić information content (AvgIpc) is 2.09. The Labute approximate surface area is 90.8 Å². The molecule has 1 aromatic carbocycles. The van der Waals surface area contributed by atoms with Crippen molar-refractivity contribution in [1.82, 2.24) is 5.32 Å². The topological polar surface area (TPSA) is 55.1 Å². The number of carbonyl (C=O) groups excluding carboxylic acids is 1. The van der Waals surface area contributed by atoms with Crippen molar-refractivity contribution >= 4 is 28.5 Å². The Morgan fingerprint density at radius 3 is 2.38 bits per heavy atom. The summed E-state index contributed by atoms with van der Waals surface area (Å²) in [5.41, 5.74) is 6.11. The van der Waals surface area contributed by atoms with Gasteiger partial charge in [0.2, 0.25) is 5.91 Å². The molecule has 4 heteroatoms. The maximum absolute atomic E-state index is 11.0. The molecule has 1 atom stereocenters. The Bertz CT molecular complexity index is 297. The highest BCUT2D eigenvalue weighted by Crippen LogP contribution is 2.13. The van der Waals surface area contributed by atoms with E-state index in [9.17, 15) is 4.79 Å². The van der Waals surface area contributed by atoms with Gasteiger partial charge in [0.25, 0.3) is 0 Å². The molecule has 1 unspecified atom stereocenters. The van der Waals surface area contributed by atoms with E-state index < -0.39 is 6.04 Å². The first-order valence-electron chi connectivity index (χ1n) is 3.87. The van der Waals surface area contributed by atoms with Crippen molar-refractivity contribution in [3.63, 3.8) is 0 Å². The molecule has 0 heterocycles. The summed E-state index contributed by atoms with van der Waals surface area (Å²) in [6, 6.07) is 7.30. The van der Waals surface area contributed by atoms with Gasteiger partial charge in [-0.25, -0.2) is 0 Å². The Hall–Kier alpha value is -0.620. The van der Waals surface area contributed by atoms with Crippen molar-refractivity contribution < 1.29 is 4.79 Å². The molecule has 70 valence electrons. The lowest BCUT2D eigenvalue weighted by atomic mass is 10.1. The van der Waals surface area contributed by atoms with E-state index >= 15 is 0 Å². The van der Waals surface area contributed by atoms with Crippen LogP contribution in [0.1, 0.15) is 11.6 Å². The molecule has 0 spiro atoms. The van der Waals surface area contributed by atoms with Crippen LogP contribution in [-0.2, 0) is 4.79 Å². The number of halogens is 1. The normalized spacial score (nSPS) is 12.5. The average molecular weight is 290 g/mol. The van der Waals surface area contributed by atoms with Gasteiger partial charge in [-0.3, -0.25) is 4.79 Å². The second-order valence-electron chi connectivity index (χ2n) is 2.68. The molecule has 13 heavy (non-hydrogen) atoms. The number of primary amides is 1. The van der Waals surface area contributed by atoms with Crippen LogP contribution >= 0.6 is 22.6 Å². The van der Waals surface area contributed by atoms with Gasteiger partial charge in [0.05, 0.1) is 0 Å². The zero-order chi connectivity index (χ0) is 9.84. The summed E-state index contributed by atoms with van der Waals surface area (Å²) in [6.07, 6.45) is 0. The third-order valence-corrected chi connectivity index (χ3v) is 2.50. The summed E-state index contributed by atoms with van der Waals surface area (Å²) in [7, 11) is 1.72. The number of hydrogen-bond acceptors (Lipinski definition) is 2. The maximum atomic E-state index is 11.0. The van der Waals surface area contributed by atoms with Gasteiger partial charge in [-0.2, -0.15) is 0 Å². The third-order valence-electron chi connectivity index (χ3n) is 1.78. The van der Waals surface area contributed by atoms with Crippen molar-refractivity contribution in [2.75, 3.05) is 7.05 Å². The second-order valence-corrected chi connectivity index (χ2v) is 3.92. The first-order chi connectivity index (χ1) is 6.15. The quantitative estimate of drug-likeness (QED) is 0.817. The molecular weight excluding hydrogens is 279 g/mol. The summed E-state index contributed by atoms with van der Waals surface area (Å²) in [5.74, 6) is -0.358. The fraction of sp³-hybridized carbons (Fsp3) is 0.222. The number of nitrogens with one attached hydrogen (secondary N) is 1. The van der Waals surface area contributed by atoms with Crippen molar-refractivity contribution in [3.8, 4) is 0 Å². The number of rotatable bonds is 3. The number of likely N-dealkylation sites (N-methyl/N-ethyl adjacent to an activating group) is 1. The molecule has 1 aromatic rings. The molecule has 0 saturated heterocycles. The number of hydrogen-bond donors (Lipinski definition) is 2. The van der Waals surface area contributed by atoms with E-state index in [1.54, 1.807) is 7.05 Å². The molecule has 1 amide bonds. The summed E-state index contributed by atoms with van der Waals surface area (Å²) in [4.78, 5) is 11.0. The molecule has 1 rings (SSSR count). The van der Waals surface area contributed by atoms with Crippen molar-refractivity contribution in [1.29, 1.82) is 0 Å². The third kappa shape index (κ3) is 2.67. The summed E-state index contributed by atoms with van der Waals surface area (Å²) >= 11 is 2.21. The van der Waals surface area contributed by atoms with Crippen molar-refractivity contribution in [2.45, 2.75) is 6.04 Å². The highest BCUT2D eigenvalue weighted by Gasteiger charge is 2.14. The molecule has 3 N–H and O–H groups in total. The van der Waals surface area contributed by atoms with Gasteiger partial charge in [-0.1, -0.05) is 12.1 Å². The van der Waals surface area contributed by atoms with Crippen LogP contribution in [0.2, 0.25) is 0 Å². The molecule has 0 aliphatic heterocycles. The van der Waals surface area contributed by atoms with E-state index in [-0.39, 0.29) is 5.91 Å². The van der Waals surface area contributed by atoms with Crippen LogP contribution in [0.5, 0.6) is 0 Å². The van der Waals surface area contributed by atoms with E-state index in [0.717, 1.165) is 9.13 Å². The van der Waals surface area contributed by atoms with Gasteiger partial charge in [-0.15, -0.1) is 0 Å². The predicted octanol–water partition coefficient (Wildman–Crippen LogP) is 1.04. The molecule has 0 fully saturated rings. The van der Waals surface area contributed by atoms with Crippen LogP contribution < -0.4 is 11.1 Å². The van der Waals surface area contributed by atoms with Gasteiger partial charge in [-0.05, 0) is 47.3 Å². The lowest BCUT2D eigenvalue weighted by Crippen LogP contribution is -2.31. The smallest absolute Gasteiger partial charge is 0.239 e. The number of amides is 1. The van der Waals surface area contributed by atoms with Crippen LogP contribution in [0.3, 0.4) is 0 Å². The van der Waals surface area contributed by atoms with E-state index in [1.807, 2.05) is 24.3 Å². The molecule has 0 aromatic heterocycles. The summed E-state index contributed by atoms with van der Waals surface area (Å²) < 4.78 is 1.14.